The highest BCUT2D eigenvalue weighted by atomic mass is 32.2. The molecule has 1 fully saturated rings. The minimum absolute atomic E-state index is 0.112. The third-order valence-electron chi connectivity index (χ3n) is 5.26. The van der Waals surface area contributed by atoms with Gasteiger partial charge in [-0.2, -0.15) is 0 Å². The third-order valence-corrected chi connectivity index (χ3v) is 6.92. The van der Waals surface area contributed by atoms with Crippen molar-refractivity contribution in [3.05, 3.63) is 35.2 Å². The number of sulfonamides is 1. The first-order valence-electron chi connectivity index (χ1n) is 10.6. The Hall–Kier alpha value is -2.47. The number of nitrogens with zero attached hydrogens (tertiary/aromatic N) is 1. The second kappa shape index (κ2) is 11.1. The molecule has 11 heteroatoms. The predicted molar refractivity (Wildman–Crippen MR) is 128 cm³/mol. The van der Waals surface area contributed by atoms with Crippen LogP contribution in [0.1, 0.15) is 30.1 Å². The first kappa shape index (κ1) is 25.2. The molecule has 0 saturated carbocycles. The molecular formula is C22H29N3O6S2. The van der Waals surface area contributed by atoms with Crippen molar-refractivity contribution in [1.29, 1.82) is 0 Å². The number of nitrogens with one attached hydrogen (secondary N) is 2. The van der Waals surface area contributed by atoms with E-state index in [0.29, 0.717) is 47.8 Å². The van der Waals surface area contributed by atoms with E-state index in [0.717, 1.165) is 11.8 Å². The third kappa shape index (κ3) is 7.00. The highest BCUT2D eigenvalue weighted by Crippen LogP contribution is 2.37. The molecule has 3 rings (SSSR count). The summed E-state index contributed by atoms with van der Waals surface area (Å²) < 4.78 is 35.9. The summed E-state index contributed by atoms with van der Waals surface area (Å²) in [5.41, 5.74) is 1.83. The van der Waals surface area contributed by atoms with E-state index in [9.17, 15) is 18.0 Å². The molecule has 0 spiro atoms. The van der Waals surface area contributed by atoms with E-state index < -0.39 is 16.0 Å². The summed E-state index contributed by atoms with van der Waals surface area (Å²) in [6.07, 6.45) is 2.42. The number of likely N-dealkylation sites (tertiary alicyclic amines) is 1. The van der Waals surface area contributed by atoms with E-state index in [1.165, 1.54) is 11.3 Å². The molecule has 2 heterocycles. The van der Waals surface area contributed by atoms with Gasteiger partial charge in [0.2, 0.25) is 15.9 Å². The van der Waals surface area contributed by atoms with Gasteiger partial charge in [0, 0.05) is 30.1 Å². The van der Waals surface area contributed by atoms with Gasteiger partial charge in [-0.25, -0.2) is 17.9 Å². The molecule has 2 N–H and O–H groups in total. The molecule has 0 unspecified atom stereocenters. The molecule has 1 aromatic heterocycles. The molecule has 0 radical (unpaired) electrons. The average molecular weight is 496 g/mol. The number of anilines is 1. The van der Waals surface area contributed by atoms with E-state index in [-0.39, 0.29) is 25.1 Å². The highest BCUT2D eigenvalue weighted by Gasteiger charge is 2.25. The van der Waals surface area contributed by atoms with Gasteiger partial charge in [0.05, 0.1) is 26.5 Å². The van der Waals surface area contributed by atoms with Gasteiger partial charge in [-0.3, -0.25) is 9.69 Å². The molecule has 1 aromatic carbocycles. The first-order valence-corrected chi connectivity index (χ1v) is 13.4. The Bertz CT molecular complexity index is 1070. The van der Waals surface area contributed by atoms with Crippen LogP contribution in [0.4, 0.5) is 5.00 Å². The van der Waals surface area contributed by atoms with E-state index in [4.69, 9.17) is 9.47 Å². The molecule has 0 atom stereocenters. The van der Waals surface area contributed by atoms with Crippen LogP contribution in [0.5, 0.6) is 5.75 Å². The number of carbonyl (C=O) groups is 2. The quantitative estimate of drug-likeness (QED) is 0.514. The number of hydrogen-bond donors (Lipinski definition) is 2. The SMILES string of the molecule is CCOC(=O)c1c(-c2ccc(OC)cc2)csc1NC(=O)CN1CCC(NS(C)(=O)=O)CC1. The number of methoxy groups -OCH3 is 1. The lowest BCUT2D eigenvalue weighted by Crippen LogP contribution is -2.46. The van der Waals surface area contributed by atoms with E-state index in [1.807, 2.05) is 34.5 Å². The number of hydrogen-bond acceptors (Lipinski definition) is 8. The second-order valence-electron chi connectivity index (χ2n) is 7.79. The maximum Gasteiger partial charge on any atom is 0.341 e. The zero-order valence-corrected chi connectivity index (χ0v) is 20.6. The molecule has 1 amide bonds. The van der Waals surface area contributed by atoms with Crippen molar-refractivity contribution in [1.82, 2.24) is 9.62 Å². The van der Waals surface area contributed by atoms with Gasteiger partial charge in [-0.05, 0) is 37.5 Å². The fourth-order valence-electron chi connectivity index (χ4n) is 3.72. The Morgan fingerprint density at radius 3 is 2.42 bits per heavy atom. The number of rotatable bonds is 9. The molecule has 9 nitrogen and oxygen atoms in total. The van der Waals surface area contributed by atoms with Crippen LogP contribution in [-0.2, 0) is 19.6 Å². The first-order chi connectivity index (χ1) is 15.7. The van der Waals surface area contributed by atoms with Crippen molar-refractivity contribution in [3.8, 4) is 16.9 Å². The molecule has 33 heavy (non-hydrogen) atoms. The molecule has 1 aliphatic rings. The van der Waals surface area contributed by atoms with Crippen LogP contribution < -0.4 is 14.8 Å². The van der Waals surface area contributed by atoms with Gasteiger partial charge in [-0.1, -0.05) is 12.1 Å². The largest absolute Gasteiger partial charge is 0.497 e. The van der Waals surface area contributed by atoms with Gasteiger partial charge in [0.1, 0.15) is 16.3 Å². The van der Waals surface area contributed by atoms with Gasteiger partial charge in [0.15, 0.2) is 0 Å². The van der Waals surface area contributed by atoms with E-state index in [1.54, 1.807) is 14.0 Å². The number of carbonyl (C=O) groups excluding carboxylic acids is 2. The zero-order chi connectivity index (χ0) is 24.0. The molecule has 2 aromatic rings. The number of thiophene rings is 1. The van der Waals surface area contributed by atoms with Crippen molar-refractivity contribution in [3.63, 3.8) is 0 Å². The van der Waals surface area contributed by atoms with Crippen LogP contribution >= 0.6 is 11.3 Å². The average Bonchev–Trinajstić information content (AvgIpc) is 3.17. The fraction of sp³-hybridized carbons (Fsp3) is 0.455. The Labute approximate surface area is 198 Å². The Morgan fingerprint density at radius 2 is 1.85 bits per heavy atom. The molecule has 1 saturated heterocycles. The van der Waals surface area contributed by atoms with E-state index >= 15 is 0 Å². The molecular weight excluding hydrogens is 466 g/mol. The summed E-state index contributed by atoms with van der Waals surface area (Å²) >= 11 is 1.27. The van der Waals surface area contributed by atoms with E-state index in [2.05, 4.69) is 10.0 Å². The molecule has 180 valence electrons. The standard InChI is InChI=1S/C22H29N3O6S2/c1-4-31-22(27)20-18(15-5-7-17(30-2)8-6-15)14-32-21(20)23-19(26)13-25-11-9-16(10-12-25)24-33(3,28)29/h5-8,14,16,24H,4,9-13H2,1-3H3,(H,23,26). The number of amides is 1. The maximum atomic E-state index is 12.7. The summed E-state index contributed by atoms with van der Waals surface area (Å²) in [5.74, 6) is -0.0265. The van der Waals surface area contributed by atoms with Crippen molar-refractivity contribution < 1.29 is 27.5 Å². The lowest BCUT2D eigenvalue weighted by atomic mass is 10.0. The van der Waals surface area contributed by atoms with Crippen LogP contribution in [0.25, 0.3) is 11.1 Å². The van der Waals surface area contributed by atoms with Gasteiger partial charge < -0.3 is 14.8 Å². The van der Waals surface area contributed by atoms with Gasteiger partial charge in [-0.15, -0.1) is 11.3 Å². The lowest BCUT2D eigenvalue weighted by molar-refractivity contribution is -0.117. The van der Waals surface area contributed by atoms with Crippen molar-refractivity contribution >= 4 is 38.2 Å². The zero-order valence-electron chi connectivity index (χ0n) is 18.9. The van der Waals surface area contributed by atoms with Crippen LogP contribution in [0, 0.1) is 0 Å². The Kier molecular flexibility index (Phi) is 8.46. The summed E-state index contributed by atoms with van der Waals surface area (Å²) in [7, 11) is -1.66. The van der Waals surface area contributed by atoms with Crippen LogP contribution in [-0.4, -0.2) is 70.8 Å². The van der Waals surface area contributed by atoms with Crippen LogP contribution in [0.15, 0.2) is 29.6 Å². The molecule has 1 aliphatic heterocycles. The highest BCUT2D eigenvalue weighted by molar-refractivity contribution is 7.88. The summed E-state index contributed by atoms with van der Waals surface area (Å²) in [6.45, 7) is 3.32. The monoisotopic (exact) mass is 495 g/mol. The Morgan fingerprint density at radius 1 is 1.18 bits per heavy atom. The molecule has 0 bridgehead atoms. The van der Waals surface area contributed by atoms with Crippen LogP contribution in [0.2, 0.25) is 0 Å². The van der Waals surface area contributed by atoms with Crippen molar-refractivity contribution in [2.75, 3.05) is 44.9 Å². The van der Waals surface area contributed by atoms with Crippen molar-refractivity contribution in [2.24, 2.45) is 0 Å². The molecule has 0 aliphatic carbocycles. The predicted octanol–water partition coefficient (Wildman–Crippen LogP) is 2.55. The normalized spacial score (nSPS) is 15.2. The minimum atomic E-state index is -3.24. The second-order valence-corrected chi connectivity index (χ2v) is 10.5. The topological polar surface area (TPSA) is 114 Å². The number of piperidine rings is 1. The van der Waals surface area contributed by atoms with Crippen LogP contribution in [0.3, 0.4) is 0 Å². The minimum Gasteiger partial charge on any atom is -0.497 e. The number of benzene rings is 1. The van der Waals surface area contributed by atoms with Gasteiger partial charge in [0.25, 0.3) is 0 Å². The maximum absolute atomic E-state index is 12.7. The Balaban J connectivity index is 1.69. The smallest absolute Gasteiger partial charge is 0.341 e. The summed E-state index contributed by atoms with van der Waals surface area (Å²) in [4.78, 5) is 27.4. The van der Waals surface area contributed by atoms with Gasteiger partial charge >= 0.3 is 5.97 Å². The summed E-state index contributed by atoms with van der Waals surface area (Å²) in [6, 6.07) is 7.21. The number of ether oxygens (including phenoxy) is 2. The van der Waals surface area contributed by atoms with Crippen molar-refractivity contribution in [2.45, 2.75) is 25.8 Å². The fourth-order valence-corrected chi connectivity index (χ4v) is 5.53. The number of esters is 1. The lowest BCUT2D eigenvalue weighted by Gasteiger charge is -2.31. The summed E-state index contributed by atoms with van der Waals surface area (Å²) in [5, 5.41) is 5.13.